The molecule has 0 spiro atoms. The van der Waals surface area contributed by atoms with E-state index < -0.39 is 7.32 Å². The standard InChI is InChI=1S/C6H6O.C3H8BNO3/c7-6-4-2-1-3-5-6;1-5(2)3-8-4(6)7/h1-5,7H;3H2,1-2H3/q;-2. The van der Waals surface area contributed by atoms with Crippen molar-refractivity contribution in [1.29, 1.82) is 0 Å². The quantitative estimate of drug-likeness (QED) is 0.492. The third-order valence-electron chi connectivity index (χ3n) is 1.23. The van der Waals surface area contributed by atoms with Crippen LogP contribution in [0.1, 0.15) is 0 Å². The second-order valence-corrected chi connectivity index (χ2v) is 3.00. The summed E-state index contributed by atoms with van der Waals surface area (Å²) in [6, 6.07) is 8.71. The highest BCUT2D eigenvalue weighted by molar-refractivity contribution is 6.28. The number of phenolic OH excluding ortho intramolecular Hbond substituents is 1. The lowest BCUT2D eigenvalue weighted by Crippen LogP contribution is -2.49. The van der Waals surface area contributed by atoms with E-state index in [0.717, 1.165) is 0 Å². The average Bonchev–Trinajstić information content (AvgIpc) is 2.17. The molecule has 15 heavy (non-hydrogen) atoms. The van der Waals surface area contributed by atoms with E-state index in [1.54, 1.807) is 43.3 Å². The molecule has 0 aromatic heterocycles. The minimum absolute atomic E-state index is 0.0949. The summed E-state index contributed by atoms with van der Waals surface area (Å²) in [5, 5.41) is 27.9. The third-order valence-corrected chi connectivity index (χ3v) is 1.23. The largest absolute Gasteiger partial charge is 0.871 e. The van der Waals surface area contributed by atoms with Crippen molar-refractivity contribution in [2.75, 3.05) is 20.8 Å². The molecule has 0 amide bonds. The minimum atomic E-state index is -2.16. The molecule has 1 N–H and O–H groups in total. The number of aromatic hydroxyl groups is 1. The summed E-state index contributed by atoms with van der Waals surface area (Å²) in [6.07, 6.45) is 0. The van der Waals surface area contributed by atoms with E-state index in [0.29, 0.717) is 5.75 Å². The molecule has 0 atom stereocenters. The predicted molar refractivity (Wildman–Crippen MR) is 53.5 cm³/mol. The Morgan fingerprint density at radius 1 is 1.27 bits per heavy atom. The summed E-state index contributed by atoms with van der Waals surface area (Å²) in [4.78, 5) is 1.60. The number of benzene rings is 1. The lowest BCUT2D eigenvalue weighted by Gasteiger charge is -2.27. The normalized spacial score (nSPS) is 9.40. The van der Waals surface area contributed by atoms with Gasteiger partial charge in [0.1, 0.15) is 5.75 Å². The molecule has 0 fully saturated rings. The zero-order valence-corrected chi connectivity index (χ0v) is 8.79. The Labute approximate surface area is 89.7 Å². The van der Waals surface area contributed by atoms with Crippen LogP contribution in [0.4, 0.5) is 0 Å². The van der Waals surface area contributed by atoms with Gasteiger partial charge in [0.2, 0.25) is 0 Å². The average molecular weight is 211 g/mol. The monoisotopic (exact) mass is 211 g/mol. The van der Waals surface area contributed by atoms with E-state index in [-0.39, 0.29) is 6.73 Å². The Hall–Kier alpha value is -1.08. The van der Waals surface area contributed by atoms with Gasteiger partial charge in [0.25, 0.3) is 0 Å². The van der Waals surface area contributed by atoms with Crippen LogP contribution >= 0.6 is 0 Å². The number of nitrogens with zero attached hydrogens (tertiary/aromatic N) is 1. The van der Waals surface area contributed by atoms with Crippen molar-refractivity contribution in [3.05, 3.63) is 30.3 Å². The number of hydrogen-bond donors (Lipinski definition) is 1. The lowest BCUT2D eigenvalue weighted by atomic mass is 10.3. The fraction of sp³-hybridized carbons (Fsp3) is 0.333. The molecule has 1 rings (SSSR count). The summed E-state index contributed by atoms with van der Waals surface area (Å²) < 4.78 is 4.12. The van der Waals surface area contributed by atoms with Gasteiger partial charge in [0, 0.05) is 0 Å². The molecule has 0 saturated carbocycles. The Bertz CT molecular complexity index is 235. The first-order chi connectivity index (χ1) is 7.02. The summed E-state index contributed by atoms with van der Waals surface area (Å²) in [5.41, 5.74) is 0. The van der Waals surface area contributed by atoms with Crippen molar-refractivity contribution < 1.29 is 19.8 Å². The zero-order valence-electron chi connectivity index (χ0n) is 8.79. The maximum absolute atomic E-state index is 9.63. The van der Waals surface area contributed by atoms with Crippen molar-refractivity contribution in [3.8, 4) is 5.75 Å². The van der Waals surface area contributed by atoms with Crippen LogP contribution in [0.5, 0.6) is 5.75 Å². The van der Waals surface area contributed by atoms with Gasteiger partial charge in [-0.1, -0.05) is 18.2 Å². The maximum Gasteiger partial charge on any atom is 0.115 e. The first kappa shape index (κ1) is 13.9. The van der Waals surface area contributed by atoms with Crippen LogP contribution < -0.4 is 10.0 Å². The van der Waals surface area contributed by atoms with E-state index in [1.165, 1.54) is 0 Å². The second-order valence-electron chi connectivity index (χ2n) is 3.00. The van der Waals surface area contributed by atoms with E-state index in [4.69, 9.17) is 5.11 Å². The minimum Gasteiger partial charge on any atom is -0.871 e. The van der Waals surface area contributed by atoms with Crippen molar-refractivity contribution in [2.24, 2.45) is 0 Å². The summed E-state index contributed by atoms with van der Waals surface area (Å²) in [7, 11) is 1.27. The molecule has 0 heterocycles. The molecule has 0 saturated heterocycles. The highest BCUT2D eigenvalue weighted by Crippen LogP contribution is 2.02. The number of para-hydroxylation sites is 1. The van der Waals surface area contributed by atoms with Gasteiger partial charge in [0.15, 0.2) is 0 Å². The predicted octanol–water partition coefficient (Wildman–Crippen LogP) is -1.38. The first-order valence-electron chi connectivity index (χ1n) is 4.34. The molecule has 0 unspecified atom stereocenters. The van der Waals surface area contributed by atoms with Crippen LogP contribution in [-0.4, -0.2) is 38.2 Å². The molecule has 5 nitrogen and oxygen atoms in total. The van der Waals surface area contributed by atoms with Crippen LogP contribution in [0.25, 0.3) is 0 Å². The van der Waals surface area contributed by atoms with Gasteiger partial charge in [0.05, 0.1) is 14.1 Å². The van der Waals surface area contributed by atoms with Crippen LogP contribution in [0.2, 0.25) is 0 Å². The van der Waals surface area contributed by atoms with Crippen LogP contribution in [0, 0.1) is 0 Å². The second kappa shape index (κ2) is 8.25. The zero-order chi connectivity index (χ0) is 11.7. The van der Waals surface area contributed by atoms with Crippen LogP contribution in [-0.2, 0) is 4.65 Å². The first-order valence-corrected chi connectivity index (χ1v) is 4.34. The number of rotatable bonds is 3. The fourth-order valence-electron chi connectivity index (χ4n) is 0.638. The van der Waals surface area contributed by atoms with Crippen molar-refractivity contribution in [2.45, 2.75) is 0 Å². The van der Waals surface area contributed by atoms with E-state index in [2.05, 4.69) is 4.65 Å². The van der Waals surface area contributed by atoms with E-state index >= 15 is 0 Å². The van der Waals surface area contributed by atoms with Gasteiger partial charge in [-0.2, -0.15) is 0 Å². The highest BCUT2D eigenvalue weighted by atomic mass is 16.6. The number of hydrogen-bond acceptors (Lipinski definition) is 5. The van der Waals surface area contributed by atoms with E-state index in [9.17, 15) is 10.0 Å². The van der Waals surface area contributed by atoms with Gasteiger partial charge in [-0.05, 0) is 26.2 Å². The van der Waals surface area contributed by atoms with Gasteiger partial charge >= 0.3 is 0 Å². The van der Waals surface area contributed by atoms with Gasteiger partial charge in [-0.25, -0.2) is 0 Å². The molecule has 0 aliphatic carbocycles. The molecule has 0 bridgehead atoms. The van der Waals surface area contributed by atoms with Gasteiger partial charge in [-0.15, -0.1) is 0 Å². The highest BCUT2D eigenvalue weighted by Gasteiger charge is 1.83. The summed E-state index contributed by atoms with van der Waals surface area (Å²) in [5.74, 6) is 0.322. The third kappa shape index (κ3) is 10.8. The van der Waals surface area contributed by atoms with Crippen LogP contribution in [0.3, 0.4) is 0 Å². The summed E-state index contributed by atoms with van der Waals surface area (Å²) in [6.45, 7) is 0.0949. The molecule has 6 heteroatoms. The molecule has 84 valence electrons. The Kier molecular flexibility index (Phi) is 7.66. The van der Waals surface area contributed by atoms with Crippen molar-refractivity contribution in [3.63, 3.8) is 0 Å². The SMILES string of the molecule is CN(C)COB([O-])[O-].Oc1ccccc1. The van der Waals surface area contributed by atoms with E-state index in [1.807, 2.05) is 6.07 Å². The summed E-state index contributed by atoms with van der Waals surface area (Å²) >= 11 is 0. The van der Waals surface area contributed by atoms with Crippen molar-refractivity contribution in [1.82, 2.24) is 4.90 Å². The Morgan fingerprint density at radius 3 is 2.00 bits per heavy atom. The Morgan fingerprint density at radius 2 is 1.80 bits per heavy atom. The molecular weight excluding hydrogens is 197 g/mol. The molecule has 0 radical (unpaired) electrons. The molecule has 1 aromatic carbocycles. The molecular formula is C9H14BNO4-2. The van der Waals surface area contributed by atoms with Gasteiger partial charge in [-0.3, -0.25) is 4.90 Å². The van der Waals surface area contributed by atoms with Gasteiger partial charge < -0.3 is 19.8 Å². The van der Waals surface area contributed by atoms with Crippen LogP contribution in [0.15, 0.2) is 30.3 Å². The number of phenols is 1. The molecule has 0 aliphatic heterocycles. The lowest BCUT2D eigenvalue weighted by molar-refractivity contribution is -0.383. The smallest absolute Gasteiger partial charge is 0.115 e. The topological polar surface area (TPSA) is 78.8 Å². The Balaban J connectivity index is 0.000000262. The van der Waals surface area contributed by atoms with Crippen molar-refractivity contribution >= 4 is 7.32 Å². The maximum atomic E-state index is 9.63. The molecule has 0 aliphatic rings. The molecule has 1 aromatic rings. The fourth-order valence-corrected chi connectivity index (χ4v) is 0.638.